The van der Waals surface area contributed by atoms with Gasteiger partial charge in [0.25, 0.3) is 0 Å². The van der Waals surface area contributed by atoms with E-state index >= 15 is 0 Å². The lowest BCUT2D eigenvalue weighted by Crippen LogP contribution is -2.38. The molecule has 0 amide bonds. The second-order valence-corrected chi connectivity index (χ2v) is 7.42. The fraction of sp³-hybridized carbons (Fsp3) is 1.00. The van der Waals surface area contributed by atoms with E-state index in [0.717, 1.165) is 17.9 Å². The molecule has 102 valence electrons. The Labute approximate surface area is 109 Å². The molecule has 1 aliphatic rings. The van der Waals surface area contributed by atoms with Crippen molar-refractivity contribution in [2.24, 2.45) is 17.3 Å². The van der Waals surface area contributed by atoms with E-state index in [0.29, 0.717) is 5.41 Å². The van der Waals surface area contributed by atoms with Crippen LogP contribution in [0.1, 0.15) is 67.2 Å². The summed E-state index contributed by atoms with van der Waals surface area (Å²) >= 11 is 0. The Morgan fingerprint density at radius 3 is 2.00 bits per heavy atom. The highest BCUT2D eigenvalue weighted by Crippen LogP contribution is 2.32. The second kappa shape index (κ2) is 6.22. The summed E-state index contributed by atoms with van der Waals surface area (Å²) in [6.07, 6.45) is 5.71. The Balaban J connectivity index is 2.23. The molecule has 17 heavy (non-hydrogen) atoms. The molecule has 0 aromatic rings. The van der Waals surface area contributed by atoms with E-state index < -0.39 is 0 Å². The van der Waals surface area contributed by atoms with Gasteiger partial charge in [-0.2, -0.15) is 0 Å². The van der Waals surface area contributed by atoms with Crippen LogP contribution in [0.3, 0.4) is 0 Å². The lowest BCUT2D eigenvalue weighted by molar-refractivity contribution is 0.135. The first-order valence-corrected chi connectivity index (χ1v) is 7.54. The van der Waals surface area contributed by atoms with Crippen molar-refractivity contribution in [1.29, 1.82) is 0 Å². The third-order valence-corrected chi connectivity index (χ3v) is 4.87. The first-order chi connectivity index (χ1) is 7.80. The number of hydrogen-bond donors (Lipinski definition) is 0. The smallest absolute Gasteiger partial charge is 0.00385 e. The highest BCUT2D eigenvalue weighted by atomic mass is 15.1. The normalized spacial score (nSPS) is 22.1. The van der Waals surface area contributed by atoms with Gasteiger partial charge in [0.2, 0.25) is 0 Å². The summed E-state index contributed by atoms with van der Waals surface area (Å²) in [4.78, 5) is 2.63. The Kier molecular flexibility index (Phi) is 5.50. The molecular formula is C16H33N. The lowest BCUT2D eigenvalue weighted by atomic mass is 9.77. The van der Waals surface area contributed by atoms with Crippen molar-refractivity contribution in [1.82, 2.24) is 4.90 Å². The Bertz CT molecular complexity index is 206. The Morgan fingerprint density at radius 2 is 1.59 bits per heavy atom. The van der Waals surface area contributed by atoms with Gasteiger partial charge in [-0.3, -0.25) is 0 Å². The zero-order valence-electron chi connectivity index (χ0n) is 12.9. The summed E-state index contributed by atoms with van der Waals surface area (Å²) in [5.74, 6) is 1.85. The number of likely N-dealkylation sites (tertiary alicyclic amines) is 1. The minimum atomic E-state index is 0.485. The highest BCUT2D eigenvalue weighted by molar-refractivity contribution is 4.77. The Hall–Kier alpha value is -0.0400. The van der Waals surface area contributed by atoms with Gasteiger partial charge in [0, 0.05) is 6.04 Å². The predicted octanol–water partition coefficient (Wildman–Crippen LogP) is 4.57. The van der Waals surface area contributed by atoms with Crippen LogP contribution in [0.25, 0.3) is 0 Å². The van der Waals surface area contributed by atoms with Crippen LogP contribution in [0.2, 0.25) is 0 Å². The van der Waals surface area contributed by atoms with Gasteiger partial charge < -0.3 is 4.90 Å². The molecule has 1 saturated heterocycles. The lowest BCUT2D eigenvalue weighted by Gasteiger charge is -2.36. The Morgan fingerprint density at radius 1 is 1.06 bits per heavy atom. The topological polar surface area (TPSA) is 3.24 Å². The van der Waals surface area contributed by atoms with Crippen LogP contribution in [0.15, 0.2) is 0 Å². The summed E-state index contributed by atoms with van der Waals surface area (Å²) in [5, 5.41) is 0. The van der Waals surface area contributed by atoms with E-state index in [1.165, 1.54) is 38.8 Å². The fourth-order valence-corrected chi connectivity index (χ4v) is 2.68. The monoisotopic (exact) mass is 239 g/mol. The van der Waals surface area contributed by atoms with E-state index in [9.17, 15) is 0 Å². The summed E-state index contributed by atoms with van der Waals surface area (Å²) < 4.78 is 0. The van der Waals surface area contributed by atoms with Gasteiger partial charge >= 0.3 is 0 Å². The number of rotatable bonds is 4. The SMILES string of the molecule is CC(C)N1CCC(CCC(C)C(C)(C)C)CC1. The molecular weight excluding hydrogens is 206 g/mol. The van der Waals surface area contributed by atoms with E-state index in [1.54, 1.807) is 0 Å². The molecule has 1 unspecified atom stereocenters. The molecule has 0 aromatic carbocycles. The van der Waals surface area contributed by atoms with Gasteiger partial charge in [-0.15, -0.1) is 0 Å². The third-order valence-electron chi connectivity index (χ3n) is 4.87. The molecule has 0 saturated carbocycles. The first-order valence-electron chi connectivity index (χ1n) is 7.54. The van der Waals surface area contributed by atoms with Crippen LogP contribution in [0, 0.1) is 17.3 Å². The number of hydrogen-bond acceptors (Lipinski definition) is 1. The molecule has 1 heterocycles. The first kappa shape index (κ1) is 15.0. The van der Waals surface area contributed by atoms with Crippen molar-refractivity contribution in [3.8, 4) is 0 Å². The van der Waals surface area contributed by atoms with Gasteiger partial charge in [-0.1, -0.05) is 34.1 Å². The van der Waals surface area contributed by atoms with E-state index in [4.69, 9.17) is 0 Å². The van der Waals surface area contributed by atoms with Gasteiger partial charge in [-0.25, -0.2) is 0 Å². The molecule has 1 heteroatoms. The molecule has 1 fully saturated rings. The maximum absolute atomic E-state index is 2.63. The zero-order chi connectivity index (χ0) is 13.1. The van der Waals surface area contributed by atoms with Crippen LogP contribution in [-0.4, -0.2) is 24.0 Å². The predicted molar refractivity (Wildman–Crippen MR) is 77.3 cm³/mol. The average Bonchev–Trinajstić information content (AvgIpc) is 2.25. The summed E-state index contributed by atoms with van der Waals surface area (Å²) in [5.41, 5.74) is 0.485. The fourth-order valence-electron chi connectivity index (χ4n) is 2.68. The molecule has 0 radical (unpaired) electrons. The maximum atomic E-state index is 2.63. The van der Waals surface area contributed by atoms with E-state index in [-0.39, 0.29) is 0 Å². The van der Waals surface area contributed by atoms with Gasteiger partial charge in [0.15, 0.2) is 0 Å². The maximum Gasteiger partial charge on any atom is 0.00385 e. The summed E-state index contributed by atoms with van der Waals surface area (Å²) in [6, 6.07) is 0.740. The molecule has 1 atom stereocenters. The quantitative estimate of drug-likeness (QED) is 0.694. The van der Waals surface area contributed by atoms with Gasteiger partial charge in [0.1, 0.15) is 0 Å². The molecule has 0 N–H and O–H groups in total. The van der Waals surface area contributed by atoms with Crippen molar-refractivity contribution in [3.63, 3.8) is 0 Å². The minimum Gasteiger partial charge on any atom is -0.301 e. The highest BCUT2D eigenvalue weighted by Gasteiger charge is 2.24. The molecule has 0 aliphatic carbocycles. The summed E-state index contributed by atoms with van der Waals surface area (Å²) in [6.45, 7) is 16.8. The van der Waals surface area contributed by atoms with Crippen molar-refractivity contribution in [2.75, 3.05) is 13.1 Å². The molecule has 1 aliphatic heterocycles. The van der Waals surface area contributed by atoms with Crippen LogP contribution in [0.5, 0.6) is 0 Å². The number of nitrogens with zero attached hydrogens (tertiary/aromatic N) is 1. The van der Waals surface area contributed by atoms with Crippen molar-refractivity contribution >= 4 is 0 Å². The van der Waals surface area contributed by atoms with Crippen LogP contribution in [-0.2, 0) is 0 Å². The van der Waals surface area contributed by atoms with Gasteiger partial charge in [-0.05, 0) is 63.5 Å². The van der Waals surface area contributed by atoms with Crippen molar-refractivity contribution in [2.45, 2.75) is 73.3 Å². The third kappa shape index (κ3) is 4.99. The number of piperidine rings is 1. The molecule has 0 bridgehead atoms. The average molecular weight is 239 g/mol. The van der Waals surface area contributed by atoms with Crippen LogP contribution < -0.4 is 0 Å². The van der Waals surface area contributed by atoms with E-state index in [2.05, 4.69) is 46.4 Å². The minimum absolute atomic E-state index is 0.485. The van der Waals surface area contributed by atoms with Gasteiger partial charge in [0.05, 0.1) is 0 Å². The zero-order valence-corrected chi connectivity index (χ0v) is 12.9. The van der Waals surface area contributed by atoms with Crippen LogP contribution >= 0.6 is 0 Å². The molecule has 1 nitrogen and oxygen atoms in total. The van der Waals surface area contributed by atoms with Crippen LogP contribution in [0.4, 0.5) is 0 Å². The van der Waals surface area contributed by atoms with E-state index in [1.807, 2.05) is 0 Å². The van der Waals surface area contributed by atoms with Crippen molar-refractivity contribution in [3.05, 3.63) is 0 Å². The van der Waals surface area contributed by atoms with Crippen molar-refractivity contribution < 1.29 is 0 Å². The molecule has 1 rings (SSSR count). The second-order valence-electron chi connectivity index (χ2n) is 7.42. The molecule has 0 aromatic heterocycles. The largest absolute Gasteiger partial charge is 0.301 e. The standard InChI is InChI=1S/C16H33N/c1-13(2)17-11-9-15(10-12-17)8-7-14(3)16(4,5)6/h13-15H,7-12H2,1-6H3. The molecule has 0 spiro atoms. The summed E-state index contributed by atoms with van der Waals surface area (Å²) in [7, 11) is 0.